The van der Waals surface area contributed by atoms with Gasteiger partial charge in [-0.25, -0.2) is 0 Å². The van der Waals surface area contributed by atoms with Crippen LogP contribution in [0.15, 0.2) is 179 Å². The normalized spacial score (nSPS) is 11.8. The van der Waals surface area contributed by atoms with Gasteiger partial charge in [-0.1, -0.05) is 60.7 Å². The van der Waals surface area contributed by atoms with E-state index in [-0.39, 0.29) is 0 Å². The number of aryl methyl sites for hydroxylation is 4. The third-order valence-electron chi connectivity index (χ3n) is 11.4. The number of nitrogens with zero attached hydrogens (tertiary/aromatic N) is 2. The second-order valence-corrected chi connectivity index (χ2v) is 15.8. The Bertz CT molecular complexity index is 3130. The molecule has 278 valence electrons. The predicted molar refractivity (Wildman–Crippen MR) is 244 cm³/mol. The van der Waals surface area contributed by atoms with Crippen LogP contribution in [-0.2, 0) is 0 Å². The lowest BCUT2D eigenvalue weighted by Gasteiger charge is -2.26. The van der Waals surface area contributed by atoms with Gasteiger partial charge in [0.1, 0.15) is 22.3 Å². The van der Waals surface area contributed by atoms with Gasteiger partial charge in [0.25, 0.3) is 0 Å². The number of hydrogen-bond acceptors (Lipinski definition) is 4. The highest BCUT2D eigenvalue weighted by Gasteiger charge is 2.19. The minimum Gasteiger partial charge on any atom is -0.456 e. The van der Waals surface area contributed by atoms with Crippen molar-refractivity contribution in [2.45, 2.75) is 27.7 Å². The van der Waals surface area contributed by atoms with Gasteiger partial charge < -0.3 is 18.6 Å². The van der Waals surface area contributed by atoms with Gasteiger partial charge in [0.05, 0.1) is 0 Å². The van der Waals surface area contributed by atoms with E-state index in [1.54, 1.807) is 0 Å². The van der Waals surface area contributed by atoms with Crippen molar-refractivity contribution in [2.75, 3.05) is 9.80 Å². The van der Waals surface area contributed by atoms with Crippen molar-refractivity contribution < 1.29 is 8.83 Å². The molecule has 0 unspecified atom stereocenters. The van der Waals surface area contributed by atoms with Crippen LogP contribution in [0.4, 0.5) is 34.1 Å². The number of hydrogen-bond donors (Lipinski definition) is 0. The van der Waals surface area contributed by atoms with E-state index in [1.165, 1.54) is 22.3 Å². The highest BCUT2D eigenvalue weighted by Crippen LogP contribution is 2.43. The minimum absolute atomic E-state index is 0.851. The SMILES string of the molecule is Cc1cc(C)cc(N(c2ccccc2)c2ccc3cc4c(cc3c2)oc2cc3c(cc24)oc2cc4cc(N(c5ccccc5)c5cc(C)cc(C)c5)ccc4cc23)c1. The molecule has 0 bridgehead atoms. The van der Waals surface area contributed by atoms with Crippen molar-refractivity contribution in [1.82, 2.24) is 0 Å². The van der Waals surface area contributed by atoms with Crippen LogP contribution in [-0.4, -0.2) is 0 Å². The van der Waals surface area contributed by atoms with E-state index in [1.807, 2.05) is 0 Å². The van der Waals surface area contributed by atoms with Crippen molar-refractivity contribution in [3.05, 3.63) is 192 Å². The molecule has 0 saturated heterocycles. The molecule has 0 radical (unpaired) electrons. The molecule has 58 heavy (non-hydrogen) atoms. The quantitative estimate of drug-likeness (QED) is 0.170. The number of benzene rings is 9. The zero-order valence-corrected chi connectivity index (χ0v) is 32.9. The smallest absolute Gasteiger partial charge is 0.136 e. The van der Waals surface area contributed by atoms with Crippen molar-refractivity contribution in [3.63, 3.8) is 0 Å². The monoisotopic (exact) mass is 748 g/mol. The first kappa shape index (κ1) is 34.0. The average Bonchev–Trinajstić information content (AvgIpc) is 3.74. The number of rotatable bonds is 6. The van der Waals surface area contributed by atoms with E-state index in [2.05, 4.69) is 207 Å². The zero-order valence-electron chi connectivity index (χ0n) is 32.9. The van der Waals surface area contributed by atoms with Gasteiger partial charge in [-0.3, -0.25) is 0 Å². The topological polar surface area (TPSA) is 32.8 Å². The second kappa shape index (κ2) is 13.1. The lowest BCUT2D eigenvalue weighted by molar-refractivity contribution is 0.664. The fraction of sp³-hybridized carbons (Fsp3) is 0.0741. The molecular weight excluding hydrogens is 709 g/mol. The van der Waals surface area contributed by atoms with Crippen LogP contribution in [0.2, 0.25) is 0 Å². The summed E-state index contributed by atoms with van der Waals surface area (Å²) in [5, 5.41) is 8.81. The van der Waals surface area contributed by atoms with Gasteiger partial charge in [0.2, 0.25) is 0 Å². The molecule has 0 spiro atoms. The summed E-state index contributed by atoms with van der Waals surface area (Å²) in [7, 11) is 0. The van der Waals surface area contributed by atoms with Gasteiger partial charge in [0, 0.05) is 55.7 Å². The number of anilines is 6. The van der Waals surface area contributed by atoms with Crippen molar-refractivity contribution in [2.24, 2.45) is 0 Å². The zero-order chi connectivity index (χ0) is 39.1. The Morgan fingerprint density at radius 2 is 0.638 bits per heavy atom. The third kappa shape index (κ3) is 5.76. The van der Waals surface area contributed by atoms with E-state index in [0.29, 0.717) is 0 Å². The van der Waals surface area contributed by atoms with Gasteiger partial charge in [-0.2, -0.15) is 0 Å². The Labute approximate surface area is 336 Å². The minimum atomic E-state index is 0.851. The van der Waals surface area contributed by atoms with Crippen LogP contribution < -0.4 is 9.80 Å². The van der Waals surface area contributed by atoms with Gasteiger partial charge in [0.15, 0.2) is 0 Å². The van der Waals surface area contributed by atoms with Gasteiger partial charge in [-0.05, 0) is 181 Å². The summed E-state index contributed by atoms with van der Waals surface area (Å²) in [5.41, 5.74) is 15.1. The molecule has 11 rings (SSSR count). The summed E-state index contributed by atoms with van der Waals surface area (Å²) < 4.78 is 13.3. The van der Waals surface area contributed by atoms with Crippen LogP contribution in [0.3, 0.4) is 0 Å². The van der Waals surface area contributed by atoms with Crippen LogP contribution >= 0.6 is 0 Å². The Morgan fingerprint density at radius 1 is 0.276 bits per heavy atom. The fourth-order valence-corrected chi connectivity index (χ4v) is 8.99. The maximum absolute atomic E-state index is 6.66. The molecule has 4 heteroatoms. The van der Waals surface area contributed by atoms with Crippen LogP contribution in [0, 0.1) is 27.7 Å². The number of fused-ring (bicyclic) bond motifs is 8. The molecule has 0 atom stereocenters. The first-order valence-corrected chi connectivity index (χ1v) is 19.9. The highest BCUT2D eigenvalue weighted by molar-refractivity contribution is 6.18. The molecular formula is C54H40N2O2. The summed E-state index contributed by atoms with van der Waals surface area (Å²) >= 11 is 0. The van der Waals surface area contributed by atoms with Crippen LogP contribution in [0.5, 0.6) is 0 Å². The second-order valence-electron chi connectivity index (χ2n) is 15.8. The maximum Gasteiger partial charge on any atom is 0.136 e. The molecule has 0 amide bonds. The molecule has 2 aromatic heterocycles. The molecule has 2 heterocycles. The molecule has 0 aliphatic rings. The first-order valence-electron chi connectivity index (χ1n) is 19.9. The van der Waals surface area contributed by atoms with E-state index in [9.17, 15) is 0 Å². The summed E-state index contributed by atoms with van der Waals surface area (Å²) in [4.78, 5) is 4.66. The van der Waals surface area contributed by atoms with E-state index in [0.717, 1.165) is 99.5 Å². The summed E-state index contributed by atoms with van der Waals surface area (Å²) in [6, 6.07) is 61.2. The summed E-state index contributed by atoms with van der Waals surface area (Å²) in [6.07, 6.45) is 0. The molecule has 0 fully saturated rings. The van der Waals surface area contributed by atoms with Crippen LogP contribution in [0.25, 0.3) is 65.4 Å². The molecule has 0 aliphatic carbocycles. The molecule has 0 saturated carbocycles. The Kier molecular flexibility index (Phi) is 7.70. The van der Waals surface area contributed by atoms with Gasteiger partial charge in [-0.15, -0.1) is 0 Å². The summed E-state index contributed by atoms with van der Waals surface area (Å²) in [6.45, 7) is 8.62. The first-order chi connectivity index (χ1) is 28.3. The lowest BCUT2D eigenvalue weighted by atomic mass is 10.0. The van der Waals surface area contributed by atoms with Crippen LogP contribution in [0.1, 0.15) is 22.3 Å². The van der Waals surface area contributed by atoms with E-state index >= 15 is 0 Å². The number of para-hydroxylation sites is 2. The molecule has 0 aliphatic heterocycles. The molecule has 9 aromatic carbocycles. The van der Waals surface area contributed by atoms with Gasteiger partial charge >= 0.3 is 0 Å². The Balaban J connectivity index is 1.01. The third-order valence-corrected chi connectivity index (χ3v) is 11.4. The molecule has 11 aromatic rings. The fourth-order valence-electron chi connectivity index (χ4n) is 8.99. The standard InChI is InChI=1S/C54H40N2O2/c1-33-19-34(2)22-45(21-33)55(41-11-7-5-8-12-41)43-17-15-37-27-47-49-31-54-50(32-53(49)57-51(47)29-39(37)25-43)48-28-38-16-18-44(26-40(38)30-52(48)58-54)56(42-13-9-6-10-14-42)46-23-35(3)20-36(4)24-46/h5-32H,1-4H3. The van der Waals surface area contributed by atoms with Crippen molar-refractivity contribution >= 4 is 99.5 Å². The van der Waals surface area contributed by atoms with Crippen molar-refractivity contribution in [3.8, 4) is 0 Å². The number of furan rings is 2. The summed E-state index contributed by atoms with van der Waals surface area (Å²) in [5.74, 6) is 0. The lowest BCUT2D eigenvalue weighted by Crippen LogP contribution is -2.10. The Morgan fingerprint density at radius 3 is 1.03 bits per heavy atom. The Hall–Kier alpha value is -7.30. The molecule has 4 nitrogen and oxygen atoms in total. The largest absolute Gasteiger partial charge is 0.456 e. The molecule has 0 N–H and O–H groups in total. The highest BCUT2D eigenvalue weighted by atomic mass is 16.3. The van der Waals surface area contributed by atoms with E-state index < -0.39 is 0 Å². The maximum atomic E-state index is 6.66. The average molecular weight is 749 g/mol. The predicted octanol–water partition coefficient (Wildman–Crippen LogP) is 16.0. The van der Waals surface area contributed by atoms with Crippen molar-refractivity contribution in [1.29, 1.82) is 0 Å². The van der Waals surface area contributed by atoms with E-state index in [4.69, 9.17) is 8.83 Å².